The molecule has 220 valence electrons. The smallest absolute Gasteiger partial charge is 0.296 e. The molecule has 1 unspecified atom stereocenters. The molecule has 1 aromatic heterocycles. The van der Waals surface area contributed by atoms with Gasteiger partial charge in [-0.3, -0.25) is 4.90 Å². The summed E-state index contributed by atoms with van der Waals surface area (Å²) in [6, 6.07) is 15.3. The monoisotopic (exact) mass is 576 g/mol. The first-order valence-corrected chi connectivity index (χ1v) is 14.3. The summed E-state index contributed by atoms with van der Waals surface area (Å²) in [4.78, 5) is 11.5. The Labute approximate surface area is 243 Å². The highest BCUT2D eigenvalue weighted by Gasteiger charge is 2.43. The van der Waals surface area contributed by atoms with Crippen molar-refractivity contribution >= 4 is 11.6 Å². The number of aromatic nitrogens is 2. The van der Waals surface area contributed by atoms with E-state index in [0.717, 1.165) is 50.6 Å². The largest absolute Gasteiger partial charge is 0.496 e. The van der Waals surface area contributed by atoms with E-state index in [-0.39, 0.29) is 17.7 Å². The number of nitrogens with one attached hydrogen (secondary N) is 2. The number of nitriles is 1. The zero-order chi connectivity index (χ0) is 29.1. The maximum Gasteiger partial charge on any atom is 0.296 e. The van der Waals surface area contributed by atoms with E-state index in [0.29, 0.717) is 35.7 Å². The van der Waals surface area contributed by atoms with Gasteiger partial charge in [-0.15, -0.1) is 0 Å². The average Bonchev–Trinajstić information content (AvgIpc) is 2.98. The molecule has 0 saturated carbocycles. The predicted molar refractivity (Wildman–Crippen MR) is 153 cm³/mol. The molecule has 1 atom stereocenters. The highest BCUT2D eigenvalue weighted by Crippen LogP contribution is 2.37. The lowest BCUT2D eigenvalue weighted by atomic mass is 9.88. The molecule has 3 aromatic rings. The molecule has 2 N–H and O–H groups in total. The molecule has 0 amide bonds. The normalized spacial score (nSPS) is 21.2. The van der Waals surface area contributed by atoms with E-state index < -0.39 is 18.6 Å². The third-order valence-corrected chi connectivity index (χ3v) is 8.33. The Hall–Kier alpha value is -3.85. The number of likely N-dealkylation sites (tertiary alicyclic amines) is 1. The van der Waals surface area contributed by atoms with Gasteiger partial charge in [0.15, 0.2) is 6.10 Å². The van der Waals surface area contributed by atoms with Crippen LogP contribution < -0.4 is 20.1 Å². The molecule has 3 aliphatic heterocycles. The molecule has 0 radical (unpaired) electrons. The van der Waals surface area contributed by atoms with Gasteiger partial charge in [-0.05, 0) is 74.3 Å². The van der Waals surface area contributed by atoms with Crippen molar-refractivity contribution in [2.24, 2.45) is 0 Å². The van der Waals surface area contributed by atoms with Crippen molar-refractivity contribution < 1.29 is 23.0 Å². The first-order valence-electron chi connectivity index (χ1n) is 14.3. The Balaban J connectivity index is 1.15. The van der Waals surface area contributed by atoms with E-state index in [4.69, 9.17) is 14.2 Å². The molecular weight excluding hydrogens is 542 g/mol. The van der Waals surface area contributed by atoms with Crippen LogP contribution in [0.15, 0.2) is 48.7 Å². The van der Waals surface area contributed by atoms with E-state index in [1.165, 1.54) is 5.56 Å². The van der Waals surface area contributed by atoms with Gasteiger partial charge in [0.25, 0.3) is 5.92 Å². The van der Waals surface area contributed by atoms with Crippen LogP contribution in [-0.4, -0.2) is 79.4 Å². The standard InChI is InChI=1S/C31H34F2N6O3/c1-40-28-15-23(3-4-25(28)20-8-12-39(13-9-20)24-17-41-18-24)37-30-36-11-6-26(38-30)21-2-5-27(22(14-21)16-34)42-29-7-10-35-19-31(29,32)33/h2-6,11,14-15,20,24,29,35H,7-10,12-13,17-19H2,1H3,(H,36,37,38). The lowest BCUT2D eigenvalue weighted by Gasteiger charge is -2.41. The molecule has 42 heavy (non-hydrogen) atoms. The Bertz CT molecular complexity index is 1450. The molecule has 3 aliphatic rings. The fourth-order valence-corrected chi connectivity index (χ4v) is 5.84. The van der Waals surface area contributed by atoms with Crippen LogP contribution in [0.2, 0.25) is 0 Å². The number of halogens is 2. The summed E-state index contributed by atoms with van der Waals surface area (Å²) >= 11 is 0. The van der Waals surface area contributed by atoms with Gasteiger partial charge in [-0.1, -0.05) is 6.07 Å². The van der Waals surface area contributed by atoms with Gasteiger partial charge in [0, 0.05) is 29.9 Å². The van der Waals surface area contributed by atoms with Gasteiger partial charge in [-0.25, -0.2) is 18.7 Å². The average molecular weight is 577 g/mol. The molecule has 4 heterocycles. The third-order valence-electron chi connectivity index (χ3n) is 8.33. The van der Waals surface area contributed by atoms with Gasteiger partial charge in [0.2, 0.25) is 5.95 Å². The summed E-state index contributed by atoms with van der Waals surface area (Å²) in [6.45, 7) is 3.80. The summed E-state index contributed by atoms with van der Waals surface area (Å²) in [6.07, 6.45) is 2.66. The second kappa shape index (κ2) is 12.2. The number of alkyl halides is 2. The van der Waals surface area contributed by atoms with Crippen LogP contribution in [0.3, 0.4) is 0 Å². The molecule has 3 saturated heterocycles. The van der Waals surface area contributed by atoms with Crippen molar-refractivity contribution in [1.29, 1.82) is 5.26 Å². The minimum absolute atomic E-state index is 0.134. The van der Waals surface area contributed by atoms with Gasteiger partial charge in [0.1, 0.15) is 17.6 Å². The van der Waals surface area contributed by atoms with E-state index in [9.17, 15) is 14.0 Å². The molecule has 0 spiro atoms. The zero-order valence-corrected chi connectivity index (χ0v) is 23.5. The number of rotatable bonds is 8. The maximum absolute atomic E-state index is 14.3. The van der Waals surface area contributed by atoms with E-state index >= 15 is 0 Å². The molecule has 6 rings (SSSR count). The Morgan fingerprint density at radius 1 is 1.10 bits per heavy atom. The van der Waals surface area contributed by atoms with Crippen molar-refractivity contribution in [3.8, 4) is 28.8 Å². The Kier molecular flexibility index (Phi) is 8.20. The van der Waals surface area contributed by atoms with Crippen LogP contribution in [-0.2, 0) is 4.74 Å². The van der Waals surface area contributed by atoms with Crippen LogP contribution >= 0.6 is 0 Å². The van der Waals surface area contributed by atoms with Crippen molar-refractivity contribution in [3.63, 3.8) is 0 Å². The summed E-state index contributed by atoms with van der Waals surface area (Å²) < 4.78 is 45.3. The van der Waals surface area contributed by atoms with Crippen LogP contribution in [0.4, 0.5) is 20.4 Å². The second-order valence-corrected chi connectivity index (χ2v) is 11.0. The molecular formula is C31H34F2N6O3. The van der Waals surface area contributed by atoms with Crippen LogP contribution in [0.25, 0.3) is 11.3 Å². The highest BCUT2D eigenvalue weighted by atomic mass is 19.3. The number of piperidine rings is 2. The molecule has 3 fully saturated rings. The van der Waals surface area contributed by atoms with Gasteiger partial charge >= 0.3 is 0 Å². The number of benzene rings is 2. The zero-order valence-electron chi connectivity index (χ0n) is 23.5. The van der Waals surface area contributed by atoms with Crippen LogP contribution in [0.5, 0.6) is 11.5 Å². The molecule has 9 nitrogen and oxygen atoms in total. The molecule has 11 heteroatoms. The van der Waals surface area contributed by atoms with Gasteiger partial charge < -0.3 is 24.8 Å². The Morgan fingerprint density at radius 3 is 2.64 bits per heavy atom. The number of nitrogens with zero attached hydrogens (tertiary/aromatic N) is 4. The van der Waals surface area contributed by atoms with Crippen LogP contribution in [0, 0.1) is 11.3 Å². The van der Waals surface area contributed by atoms with E-state index in [1.807, 2.05) is 12.1 Å². The van der Waals surface area contributed by atoms with Crippen molar-refractivity contribution in [2.45, 2.75) is 43.2 Å². The fraction of sp³-hybridized carbons (Fsp3) is 0.452. The maximum atomic E-state index is 14.3. The summed E-state index contributed by atoms with van der Waals surface area (Å²) in [7, 11) is 1.69. The van der Waals surface area contributed by atoms with Crippen molar-refractivity contribution in [2.75, 3.05) is 51.8 Å². The summed E-state index contributed by atoms with van der Waals surface area (Å²) in [5.41, 5.74) is 3.39. The topological polar surface area (TPSA) is 105 Å². The van der Waals surface area contributed by atoms with Crippen LogP contribution in [0.1, 0.15) is 36.3 Å². The second-order valence-electron chi connectivity index (χ2n) is 11.0. The number of hydrogen-bond donors (Lipinski definition) is 2. The molecule has 0 bridgehead atoms. The van der Waals surface area contributed by atoms with E-state index in [2.05, 4.69) is 37.6 Å². The number of anilines is 2. The van der Waals surface area contributed by atoms with Gasteiger partial charge in [-0.2, -0.15) is 5.26 Å². The first kappa shape index (κ1) is 28.3. The SMILES string of the molecule is COc1cc(Nc2nccc(-c3ccc(OC4CCNCC4(F)F)c(C#N)c3)n2)ccc1C1CCN(C2COC2)CC1. The highest BCUT2D eigenvalue weighted by molar-refractivity contribution is 5.66. The lowest BCUT2D eigenvalue weighted by molar-refractivity contribution is -0.109. The summed E-state index contributed by atoms with van der Waals surface area (Å²) in [5, 5.41) is 15.7. The minimum atomic E-state index is -3.01. The first-order chi connectivity index (χ1) is 20.4. The molecule has 0 aliphatic carbocycles. The quantitative estimate of drug-likeness (QED) is 0.394. The van der Waals surface area contributed by atoms with E-state index in [1.54, 1.807) is 37.6 Å². The van der Waals surface area contributed by atoms with Gasteiger partial charge in [0.05, 0.1) is 44.2 Å². The molecule has 2 aromatic carbocycles. The number of methoxy groups -OCH3 is 1. The lowest BCUT2D eigenvalue weighted by Crippen LogP contribution is -2.52. The number of ether oxygens (including phenoxy) is 3. The Morgan fingerprint density at radius 2 is 1.93 bits per heavy atom. The number of hydrogen-bond acceptors (Lipinski definition) is 9. The van der Waals surface area contributed by atoms with Crippen molar-refractivity contribution in [1.82, 2.24) is 20.2 Å². The minimum Gasteiger partial charge on any atom is -0.496 e. The predicted octanol–water partition coefficient (Wildman–Crippen LogP) is 4.72. The summed E-state index contributed by atoms with van der Waals surface area (Å²) in [5.74, 6) is -1.23. The van der Waals surface area contributed by atoms with Crippen molar-refractivity contribution in [3.05, 3.63) is 59.8 Å². The fourth-order valence-electron chi connectivity index (χ4n) is 5.84. The third kappa shape index (κ3) is 6.02.